The molecule has 9 N–H and O–H groups in total. The molecule has 314 valence electrons. The van der Waals surface area contributed by atoms with Crippen molar-refractivity contribution >= 4 is 80.5 Å². The van der Waals surface area contributed by atoms with Gasteiger partial charge in [0.25, 0.3) is 17.7 Å². The lowest BCUT2D eigenvalue weighted by molar-refractivity contribution is -0.911. The van der Waals surface area contributed by atoms with Crippen molar-refractivity contribution in [2.75, 3.05) is 44.2 Å². The van der Waals surface area contributed by atoms with Gasteiger partial charge in [-0.05, 0) is 6.92 Å². The van der Waals surface area contributed by atoms with Gasteiger partial charge in [-0.15, -0.1) is 23.1 Å². The molecule has 0 saturated carbocycles. The number of thioether (sulfide) groups is 1. The summed E-state index contributed by atoms with van der Waals surface area (Å²) < 4.78 is 16.7. The number of nitrogens with one attached hydrogen (secondary N) is 2. The Kier molecular flexibility index (Phi) is 12.1. The fourth-order valence-electron chi connectivity index (χ4n) is 7.33. The lowest BCUT2D eigenvalue weighted by Gasteiger charge is -2.50. The molecule has 2 aromatic heterocycles. The maximum absolute atomic E-state index is 15.0. The minimum Gasteiger partial charge on any atom is -0.504 e. The summed E-state index contributed by atoms with van der Waals surface area (Å²) in [5.74, 6) is -10.3. The number of quaternary nitrogens is 1. The largest absolute Gasteiger partial charge is 0.504 e. The minimum atomic E-state index is -1.97. The van der Waals surface area contributed by atoms with Crippen LogP contribution < -0.4 is 21.8 Å². The van der Waals surface area contributed by atoms with Crippen LogP contribution in [-0.2, 0) is 35.4 Å². The summed E-state index contributed by atoms with van der Waals surface area (Å²) >= 11 is 2.10. The molecular formula is C35H38FN8O13S2+. The SMILES string of the molecule is CCn1cc(C(=O)NCC[N+]2(CC3=C(C(=O)O)N4C(=O)C(NC(=O)C(=NOC(CC(=O)O)C(=O)O)c5csc(N)n5)C4SC3)CCCC2)c(=O)c2c(F)c(O)c(O)cc21. The number of hydrogen-bond acceptors (Lipinski definition) is 15. The quantitative estimate of drug-likeness (QED) is 0.0310. The van der Waals surface area contributed by atoms with Crippen molar-refractivity contribution in [1.29, 1.82) is 0 Å². The zero-order chi connectivity index (χ0) is 42.9. The van der Waals surface area contributed by atoms with Gasteiger partial charge in [-0.25, -0.2) is 19.0 Å². The minimum absolute atomic E-state index is 0.00598. The summed E-state index contributed by atoms with van der Waals surface area (Å²) in [6, 6.07) is -0.215. The van der Waals surface area contributed by atoms with Gasteiger partial charge < -0.3 is 55.8 Å². The van der Waals surface area contributed by atoms with E-state index in [4.69, 9.17) is 15.7 Å². The number of rotatable bonds is 16. The number of aryl methyl sites for hydroxylation is 1. The maximum Gasteiger partial charge on any atom is 0.352 e. The average molecular weight is 862 g/mol. The fourth-order valence-corrected chi connectivity index (χ4v) is 9.21. The number of phenolic OH excluding ortho intramolecular Hbond substituents is 2. The van der Waals surface area contributed by atoms with E-state index < -0.39 is 93.4 Å². The highest BCUT2D eigenvalue weighted by Gasteiger charge is 2.55. The van der Waals surface area contributed by atoms with Crippen LogP contribution in [0.2, 0.25) is 0 Å². The van der Waals surface area contributed by atoms with E-state index in [2.05, 4.69) is 20.8 Å². The van der Waals surface area contributed by atoms with Crippen LogP contribution in [0.25, 0.3) is 10.9 Å². The highest BCUT2D eigenvalue weighted by Crippen LogP contribution is 2.41. The number of carbonyl (C=O) groups is 6. The van der Waals surface area contributed by atoms with E-state index in [0.717, 1.165) is 35.1 Å². The first kappa shape index (κ1) is 42.3. The summed E-state index contributed by atoms with van der Waals surface area (Å²) in [7, 11) is 0. The number of carbonyl (C=O) groups excluding carboxylic acids is 3. The van der Waals surface area contributed by atoms with Crippen LogP contribution in [0.5, 0.6) is 11.5 Å². The molecule has 2 saturated heterocycles. The van der Waals surface area contributed by atoms with Gasteiger partial charge >= 0.3 is 17.9 Å². The topological polar surface area (TPSA) is 313 Å². The molecule has 0 bridgehead atoms. The Morgan fingerprint density at radius 2 is 1.86 bits per heavy atom. The molecule has 3 aliphatic rings. The number of oxime groups is 1. The summed E-state index contributed by atoms with van der Waals surface area (Å²) in [6.45, 7) is 3.65. The van der Waals surface area contributed by atoms with Crippen LogP contribution in [0, 0.1) is 5.82 Å². The van der Waals surface area contributed by atoms with Crippen molar-refractivity contribution in [2.45, 2.75) is 50.3 Å². The van der Waals surface area contributed by atoms with E-state index in [1.165, 1.54) is 27.9 Å². The molecule has 0 spiro atoms. The number of phenols is 2. The second kappa shape index (κ2) is 16.9. The molecule has 21 nitrogen and oxygen atoms in total. The number of aromatic hydroxyl groups is 2. The average Bonchev–Trinajstić information content (AvgIpc) is 3.83. The van der Waals surface area contributed by atoms with Gasteiger partial charge in [0.15, 0.2) is 28.2 Å². The smallest absolute Gasteiger partial charge is 0.352 e. The number of carboxylic acid groups (broad SMARTS) is 3. The van der Waals surface area contributed by atoms with Crippen molar-refractivity contribution in [3.8, 4) is 11.5 Å². The van der Waals surface area contributed by atoms with Crippen LogP contribution >= 0.6 is 23.1 Å². The number of amides is 3. The van der Waals surface area contributed by atoms with E-state index in [0.29, 0.717) is 29.7 Å². The number of halogens is 1. The van der Waals surface area contributed by atoms with Crippen molar-refractivity contribution in [1.82, 2.24) is 25.1 Å². The zero-order valence-corrected chi connectivity index (χ0v) is 32.7. The van der Waals surface area contributed by atoms with Crippen molar-refractivity contribution in [2.24, 2.45) is 5.16 Å². The predicted octanol–water partition coefficient (Wildman–Crippen LogP) is 0.0382. The predicted molar refractivity (Wildman–Crippen MR) is 206 cm³/mol. The molecule has 0 aliphatic carbocycles. The highest BCUT2D eigenvalue weighted by molar-refractivity contribution is 8.00. The lowest BCUT2D eigenvalue weighted by Crippen LogP contribution is -2.71. The first-order chi connectivity index (χ1) is 28.0. The maximum atomic E-state index is 15.0. The Labute approximate surface area is 340 Å². The van der Waals surface area contributed by atoms with Crippen LogP contribution in [0.3, 0.4) is 0 Å². The number of aromatic nitrogens is 2. The number of nitrogens with two attached hydrogens (primary N) is 1. The number of anilines is 1. The van der Waals surface area contributed by atoms with Gasteiger partial charge in [0.05, 0.1) is 43.5 Å². The van der Waals surface area contributed by atoms with E-state index in [-0.39, 0.29) is 53.0 Å². The number of nitrogens with zero attached hydrogens (tertiary/aromatic N) is 5. The van der Waals surface area contributed by atoms with Gasteiger partial charge in [-0.1, -0.05) is 5.16 Å². The van der Waals surface area contributed by atoms with Crippen LogP contribution in [-0.4, -0.2) is 142 Å². The third-order valence-electron chi connectivity index (χ3n) is 10.2. The highest BCUT2D eigenvalue weighted by atomic mass is 32.2. The Hall–Kier alpha value is -6.27. The molecule has 3 aliphatic heterocycles. The number of pyridine rings is 1. The molecule has 2 fully saturated rings. The van der Waals surface area contributed by atoms with Gasteiger partial charge in [0, 0.05) is 48.4 Å². The molecule has 3 atom stereocenters. The Bertz CT molecular complexity index is 2390. The lowest BCUT2D eigenvalue weighted by atomic mass is 10.0. The summed E-state index contributed by atoms with van der Waals surface area (Å²) in [5, 5.41) is 57.2. The number of aliphatic carboxylic acids is 3. The van der Waals surface area contributed by atoms with Crippen LogP contribution in [0.1, 0.15) is 42.2 Å². The fraction of sp³-hybridized carbons (Fsp3) is 0.400. The number of β-lactam (4-membered cyclic amide) rings is 1. The number of likely N-dealkylation sites (tertiary alicyclic amines) is 1. The zero-order valence-electron chi connectivity index (χ0n) is 31.0. The molecule has 3 amide bonds. The molecule has 59 heavy (non-hydrogen) atoms. The molecule has 24 heteroatoms. The van der Waals surface area contributed by atoms with E-state index in [1.54, 1.807) is 6.92 Å². The first-order valence-electron chi connectivity index (χ1n) is 18.0. The molecule has 3 aromatic rings. The Morgan fingerprint density at radius 1 is 1.15 bits per heavy atom. The number of fused-ring (bicyclic) bond motifs is 2. The van der Waals surface area contributed by atoms with Gasteiger partial charge in [0.2, 0.25) is 11.5 Å². The van der Waals surface area contributed by atoms with Gasteiger partial charge in [-0.2, -0.15) is 0 Å². The number of nitrogen functional groups attached to an aromatic ring is 1. The first-order valence-corrected chi connectivity index (χ1v) is 19.9. The normalized spacial score (nSPS) is 19.2. The molecule has 1 aromatic carbocycles. The Balaban J connectivity index is 1.17. The van der Waals surface area contributed by atoms with E-state index in [1.807, 2.05) is 0 Å². The molecule has 5 heterocycles. The van der Waals surface area contributed by atoms with Gasteiger partial charge in [0.1, 0.15) is 34.9 Å². The number of benzene rings is 1. The second-order valence-corrected chi connectivity index (χ2v) is 15.9. The third-order valence-corrected chi connectivity index (χ3v) is 12.2. The molecule has 3 unspecified atom stereocenters. The second-order valence-electron chi connectivity index (χ2n) is 13.9. The number of hydrogen-bond donors (Lipinski definition) is 8. The standard InChI is InChI=1S/C35H37FN8O13S2/c1-2-42-11-16(27(48)22-18(42)9-19(45)28(49)23(22)36)29(50)38-5-8-44(6-3-4-7-44)12-15-13-58-32-25(31(52)43(32)26(15)34(55)56)40-30(51)24(17-14-59-35(37)39-17)41-57-20(33(53)54)10-21(46)47/h9,11,14,20,25,32H,2-8,10,12-13H2,1H3,(H8-,37,38,39,40,41,45,46,47,48,49,50,51,53,54,55,56)/p+1. The molecular weight excluding hydrogens is 824 g/mol. The monoisotopic (exact) mass is 861 g/mol. The van der Waals surface area contributed by atoms with E-state index >= 15 is 0 Å². The summed E-state index contributed by atoms with van der Waals surface area (Å²) in [5.41, 5.74) is 3.74. The molecule has 0 radical (unpaired) electrons. The molecule has 6 rings (SSSR count). The van der Waals surface area contributed by atoms with Crippen molar-refractivity contribution < 1.29 is 68.0 Å². The van der Waals surface area contributed by atoms with Crippen LogP contribution in [0.15, 0.2) is 38.9 Å². The van der Waals surface area contributed by atoms with Crippen molar-refractivity contribution in [3.05, 3.63) is 56.2 Å². The van der Waals surface area contributed by atoms with Crippen LogP contribution in [0.4, 0.5) is 9.52 Å². The Morgan fingerprint density at radius 3 is 2.47 bits per heavy atom. The third kappa shape index (κ3) is 8.36. The van der Waals surface area contributed by atoms with E-state index in [9.17, 15) is 58.4 Å². The van der Waals surface area contributed by atoms with Crippen molar-refractivity contribution in [3.63, 3.8) is 0 Å². The number of carboxylic acids is 3. The number of thiazole rings is 1. The summed E-state index contributed by atoms with van der Waals surface area (Å²) in [4.78, 5) is 98.9. The van der Waals surface area contributed by atoms with Gasteiger partial charge in [-0.3, -0.25) is 28.9 Å². The summed E-state index contributed by atoms with van der Waals surface area (Å²) in [6.07, 6.45) is -0.136.